The predicted octanol–water partition coefficient (Wildman–Crippen LogP) is 3.70. The number of ether oxygens (including phenoxy) is 3. The van der Waals surface area contributed by atoms with Crippen LogP contribution in [0.25, 0.3) is 0 Å². The van der Waals surface area contributed by atoms with E-state index in [0.717, 1.165) is 37.9 Å². The molecule has 1 aliphatic heterocycles. The molecule has 0 aromatic heterocycles. The second-order valence-electron chi connectivity index (χ2n) is 10.5. The second kappa shape index (κ2) is 6.32. The molecule has 4 fully saturated rings. The van der Waals surface area contributed by atoms with Crippen molar-refractivity contribution in [2.45, 2.75) is 83.2 Å². The molecule has 162 valence electrons. The molecule has 0 aromatic carbocycles. The Morgan fingerprint density at radius 3 is 2.59 bits per heavy atom. The highest BCUT2D eigenvalue weighted by Crippen LogP contribution is 2.68. The molecule has 2 N–H and O–H groups in total. The van der Waals surface area contributed by atoms with Crippen LogP contribution < -0.4 is 0 Å². The summed E-state index contributed by atoms with van der Waals surface area (Å²) in [5, 5.41) is 23.3. The summed E-state index contributed by atoms with van der Waals surface area (Å²) in [6, 6.07) is 0. The zero-order chi connectivity index (χ0) is 20.7. The van der Waals surface area contributed by atoms with Gasteiger partial charge in [0.2, 0.25) is 0 Å². The van der Waals surface area contributed by atoms with E-state index in [-0.39, 0.29) is 11.3 Å². The summed E-state index contributed by atoms with van der Waals surface area (Å²) in [6.07, 6.45) is 7.49. The quantitative estimate of drug-likeness (QED) is 0.515. The number of methoxy groups -OCH3 is 1. The molecule has 0 aromatic rings. The normalized spacial score (nSPS) is 49.9. The van der Waals surface area contributed by atoms with Gasteiger partial charge in [-0.25, -0.2) is 0 Å². The Hall–Kier alpha value is -0.880. The van der Waals surface area contributed by atoms with Crippen molar-refractivity contribution in [1.29, 1.82) is 0 Å². The lowest BCUT2D eigenvalue weighted by Crippen LogP contribution is -2.66. The minimum Gasteiger partial charge on any atom is -0.501 e. The highest BCUT2D eigenvalue weighted by molar-refractivity contribution is 5.35. The lowest BCUT2D eigenvalue weighted by molar-refractivity contribution is -0.263. The van der Waals surface area contributed by atoms with Crippen LogP contribution in [0.4, 0.5) is 0 Å². The SMILES string of the molecule is CO/C(C)=C1/CC[C@H]2[C@@H]3CC=C4CC5(OCCO5)C(O)C[C@]4(C)[C@@]3(O)CC[C@]12C. The molecule has 1 spiro atoms. The maximum absolute atomic E-state index is 12.3. The van der Waals surface area contributed by atoms with Gasteiger partial charge in [-0.05, 0) is 68.3 Å². The molecule has 5 rings (SSSR count). The van der Waals surface area contributed by atoms with Crippen LogP contribution in [0.3, 0.4) is 0 Å². The number of fused-ring (bicyclic) bond motifs is 5. The molecule has 5 nitrogen and oxygen atoms in total. The van der Waals surface area contributed by atoms with Gasteiger partial charge in [-0.15, -0.1) is 0 Å². The van der Waals surface area contributed by atoms with Crippen molar-refractivity contribution in [2.24, 2.45) is 22.7 Å². The van der Waals surface area contributed by atoms with Gasteiger partial charge in [-0.1, -0.05) is 25.5 Å². The Kier molecular flexibility index (Phi) is 4.37. The largest absolute Gasteiger partial charge is 0.501 e. The van der Waals surface area contributed by atoms with Gasteiger partial charge in [0, 0.05) is 11.8 Å². The zero-order valence-corrected chi connectivity index (χ0v) is 18.3. The first kappa shape index (κ1) is 20.0. The van der Waals surface area contributed by atoms with Crippen LogP contribution in [0, 0.1) is 22.7 Å². The molecule has 5 aliphatic rings. The number of rotatable bonds is 1. The molecule has 1 saturated heterocycles. The summed E-state index contributed by atoms with van der Waals surface area (Å²) in [5.41, 5.74) is 1.54. The van der Waals surface area contributed by atoms with Crippen molar-refractivity contribution in [3.05, 3.63) is 23.0 Å². The number of aliphatic hydroxyl groups is 2. The number of hydrogen-bond acceptors (Lipinski definition) is 5. The van der Waals surface area contributed by atoms with Crippen LogP contribution in [-0.4, -0.2) is 48.0 Å². The monoisotopic (exact) mass is 404 g/mol. The average Bonchev–Trinajstić information content (AvgIpc) is 3.29. The van der Waals surface area contributed by atoms with Crippen LogP contribution in [-0.2, 0) is 14.2 Å². The van der Waals surface area contributed by atoms with E-state index in [9.17, 15) is 10.2 Å². The fraction of sp³-hybridized carbons (Fsp3) is 0.833. The smallest absolute Gasteiger partial charge is 0.198 e. The topological polar surface area (TPSA) is 68.2 Å². The van der Waals surface area contributed by atoms with Gasteiger partial charge in [-0.3, -0.25) is 0 Å². The Labute approximate surface area is 174 Å². The van der Waals surface area contributed by atoms with Gasteiger partial charge in [-0.2, -0.15) is 0 Å². The van der Waals surface area contributed by atoms with E-state index in [1.807, 2.05) is 0 Å². The number of allylic oxidation sites excluding steroid dienone is 3. The van der Waals surface area contributed by atoms with Crippen LogP contribution in [0.1, 0.15) is 65.7 Å². The lowest BCUT2D eigenvalue weighted by Gasteiger charge is -2.63. The van der Waals surface area contributed by atoms with E-state index in [0.29, 0.717) is 32.0 Å². The van der Waals surface area contributed by atoms with E-state index < -0.39 is 22.9 Å². The van der Waals surface area contributed by atoms with Gasteiger partial charge in [0.15, 0.2) is 5.79 Å². The summed E-state index contributed by atoms with van der Waals surface area (Å²) < 4.78 is 17.4. The van der Waals surface area contributed by atoms with E-state index >= 15 is 0 Å². The van der Waals surface area contributed by atoms with E-state index in [1.54, 1.807) is 7.11 Å². The number of hydrogen-bond donors (Lipinski definition) is 2. The Morgan fingerprint density at radius 1 is 1.17 bits per heavy atom. The van der Waals surface area contributed by atoms with Gasteiger partial charge in [0.1, 0.15) is 6.10 Å². The molecular weight excluding hydrogens is 368 g/mol. The Bertz CT molecular complexity index is 765. The summed E-state index contributed by atoms with van der Waals surface area (Å²) in [4.78, 5) is 0. The summed E-state index contributed by atoms with van der Waals surface area (Å²) in [7, 11) is 1.77. The van der Waals surface area contributed by atoms with E-state index in [1.165, 1.54) is 11.1 Å². The highest BCUT2D eigenvalue weighted by Gasteiger charge is 2.67. The third-order valence-electron chi connectivity index (χ3n) is 9.67. The lowest BCUT2D eigenvalue weighted by atomic mass is 9.45. The molecule has 0 amide bonds. The first-order valence-corrected chi connectivity index (χ1v) is 11.3. The minimum absolute atomic E-state index is 0.102. The third kappa shape index (κ3) is 2.42. The maximum Gasteiger partial charge on any atom is 0.198 e. The Morgan fingerprint density at radius 2 is 1.90 bits per heavy atom. The molecule has 0 radical (unpaired) electrons. The van der Waals surface area contributed by atoms with Gasteiger partial charge in [0.05, 0.1) is 31.7 Å². The third-order valence-corrected chi connectivity index (χ3v) is 9.67. The molecule has 4 aliphatic carbocycles. The van der Waals surface area contributed by atoms with Gasteiger partial charge < -0.3 is 24.4 Å². The standard InChI is InChI=1S/C24H36O5/c1-15(27-4)17-7-8-18-19-6-5-16-13-24(28-11-12-29-24)20(25)14-22(16,3)23(19,26)10-9-21(17,18)2/h5,18-20,25-26H,6-14H2,1-4H3/b17-15-/t18-,19-,20?,21+,22-,23+/m0/s1. The molecule has 6 atom stereocenters. The van der Waals surface area contributed by atoms with Crippen molar-refractivity contribution in [2.75, 3.05) is 20.3 Å². The molecule has 1 unspecified atom stereocenters. The fourth-order valence-corrected chi connectivity index (χ4v) is 7.86. The zero-order valence-electron chi connectivity index (χ0n) is 18.3. The summed E-state index contributed by atoms with van der Waals surface area (Å²) in [6.45, 7) is 7.70. The molecule has 1 heterocycles. The number of aliphatic hydroxyl groups excluding tert-OH is 1. The van der Waals surface area contributed by atoms with Crippen LogP contribution in [0.5, 0.6) is 0 Å². The molecule has 3 saturated carbocycles. The summed E-state index contributed by atoms with van der Waals surface area (Å²) >= 11 is 0. The fourth-order valence-electron chi connectivity index (χ4n) is 7.86. The minimum atomic E-state index is -0.906. The van der Waals surface area contributed by atoms with Crippen LogP contribution in [0.2, 0.25) is 0 Å². The van der Waals surface area contributed by atoms with Crippen molar-refractivity contribution in [3.63, 3.8) is 0 Å². The van der Waals surface area contributed by atoms with Crippen molar-refractivity contribution >= 4 is 0 Å². The predicted molar refractivity (Wildman–Crippen MR) is 109 cm³/mol. The van der Waals surface area contributed by atoms with Crippen molar-refractivity contribution in [1.82, 2.24) is 0 Å². The van der Waals surface area contributed by atoms with Crippen LogP contribution >= 0.6 is 0 Å². The molecule has 0 bridgehead atoms. The van der Waals surface area contributed by atoms with E-state index in [4.69, 9.17) is 14.2 Å². The average molecular weight is 405 g/mol. The van der Waals surface area contributed by atoms with Crippen molar-refractivity contribution in [3.8, 4) is 0 Å². The van der Waals surface area contributed by atoms with E-state index in [2.05, 4.69) is 26.8 Å². The second-order valence-corrected chi connectivity index (χ2v) is 10.5. The molecule has 5 heteroatoms. The van der Waals surface area contributed by atoms with Crippen LogP contribution in [0.15, 0.2) is 23.0 Å². The Balaban J connectivity index is 1.53. The molecule has 29 heavy (non-hydrogen) atoms. The summed E-state index contributed by atoms with van der Waals surface area (Å²) in [5.74, 6) is 0.812. The maximum atomic E-state index is 12.3. The van der Waals surface area contributed by atoms with Gasteiger partial charge in [0.25, 0.3) is 0 Å². The first-order valence-electron chi connectivity index (χ1n) is 11.3. The molecular formula is C24H36O5. The highest BCUT2D eigenvalue weighted by atomic mass is 16.7. The first-order chi connectivity index (χ1) is 13.7. The van der Waals surface area contributed by atoms with Gasteiger partial charge >= 0.3 is 0 Å². The van der Waals surface area contributed by atoms with Crippen molar-refractivity contribution < 1.29 is 24.4 Å².